The van der Waals surface area contributed by atoms with Gasteiger partial charge in [-0.15, -0.1) is 0 Å². The minimum atomic E-state index is 0.0108. The van der Waals surface area contributed by atoms with Crippen molar-refractivity contribution in [2.75, 3.05) is 25.1 Å². The average Bonchev–Trinajstić information content (AvgIpc) is 3.43. The summed E-state index contributed by atoms with van der Waals surface area (Å²) >= 11 is 0. The lowest BCUT2D eigenvalue weighted by atomic mass is 9.73. The van der Waals surface area contributed by atoms with Crippen LogP contribution in [0.2, 0.25) is 0 Å². The fourth-order valence-electron chi connectivity index (χ4n) is 5.73. The average molecular weight is 441 g/mol. The zero-order valence-corrected chi connectivity index (χ0v) is 19.0. The van der Waals surface area contributed by atoms with Gasteiger partial charge in [-0.1, -0.05) is 30.3 Å². The second-order valence-electron chi connectivity index (χ2n) is 9.29. The summed E-state index contributed by atoms with van der Waals surface area (Å²) in [6, 6.07) is 14.4. The Balaban J connectivity index is 1.30. The van der Waals surface area contributed by atoms with Gasteiger partial charge in [-0.2, -0.15) is 5.10 Å². The normalized spacial score (nSPS) is 19.2. The molecule has 7 nitrogen and oxygen atoms in total. The molecule has 3 aromatic heterocycles. The Morgan fingerprint density at radius 2 is 1.91 bits per heavy atom. The fraction of sp³-hybridized carbons (Fsp3) is 0.346. The minimum absolute atomic E-state index is 0.0108. The summed E-state index contributed by atoms with van der Waals surface area (Å²) in [6.07, 6.45) is 6.83. The second-order valence-corrected chi connectivity index (χ2v) is 9.29. The molecule has 1 atom stereocenters. The van der Waals surface area contributed by atoms with Crippen LogP contribution in [0.15, 0.2) is 54.9 Å². The number of piperidine rings is 1. The monoisotopic (exact) mass is 440 g/mol. The Morgan fingerprint density at radius 3 is 2.67 bits per heavy atom. The summed E-state index contributed by atoms with van der Waals surface area (Å²) < 4.78 is 7.37. The van der Waals surface area contributed by atoms with Gasteiger partial charge in [0.15, 0.2) is 5.82 Å². The smallest absolute Gasteiger partial charge is 0.213 e. The molecule has 0 bridgehead atoms. The molecule has 1 fully saturated rings. The molecule has 4 heterocycles. The third-order valence-electron chi connectivity index (χ3n) is 7.55. The van der Waals surface area contributed by atoms with Crippen LogP contribution in [0.3, 0.4) is 0 Å². The number of aromatic nitrogens is 4. The van der Waals surface area contributed by atoms with Gasteiger partial charge in [0, 0.05) is 37.0 Å². The van der Waals surface area contributed by atoms with Crippen molar-refractivity contribution < 1.29 is 4.74 Å². The number of fused-ring (bicyclic) bond motifs is 2. The first-order valence-corrected chi connectivity index (χ1v) is 11.5. The van der Waals surface area contributed by atoms with E-state index in [0.29, 0.717) is 5.88 Å². The quantitative estimate of drug-likeness (QED) is 0.520. The van der Waals surface area contributed by atoms with Crippen molar-refractivity contribution in [3.63, 3.8) is 0 Å². The topological polar surface area (TPSA) is 81.6 Å². The zero-order valence-electron chi connectivity index (χ0n) is 19.0. The highest BCUT2D eigenvalue weighted by Gasteiger charge is 2.46. The van der Waals surface area contributed by atoms with E-state index < -0.39 is 0 Å². The molecule has 2 aliphatic rings. The largest absolute Gasteiger partial charge is 0.481 e. The molecule has 168 valence electrons. The summed E-state index contributed by atoms with van der Waals surface area (Å²) in [6.45, 7) is 3.91. The Labute approximate surface area is 193 Å². The minimum Gasteiger partial charge on any atom is -0.481 e. The molecule has 0 unspecified atom stereocenters. The maximum Gasteiger partial charge on any atom is 0.213 e. The maximum atomic E-state index is 6.81. The lowest BCUT2D eigenvalue weighted by molar-refractivity contribution is 0.187. The molecule has 1 aliphatic heterocycles. The predicted octanol–water partition coefficient (Wildman–Crippen LogP) is 3.95. The van der Waals surface area contributed by atoms with E-state index in [0.717, 1.165) is 60.6 Å². The number of pyridine rings is 1. The van der Waals surface area contributed by atoms with Crippen LogP contribution in [0.5, 0.6) is 5.88 Å². The van der Waals surface area contributed by atoms with E-state index in [1.807, 2.05) is 29.0 Å². The first-order valence-electron chi connectivity index (χ1n) is 11.5. The Hall–Kier alpha value is -3.45. The van der Waals surface area contributed by atoms with Gasteiger partial charge in [-0.05, 0) is 48.8 Å². The Bertz CT molecular complexity index is 1320. The van der Waals surface area contributed by atoms with Gasteiger partial charge in [-0.25, -0.2) is 14.5 Å². The van der Waals surface area contributed by atoms with Crippen LogP contribution in [0.25, 0.3) is 16.8 Å². The standard InChI is InChI=1S/C26H28N6O/c1-17-23(18-6-4-3-5-7-18)32-21(8-11-29-32)25(30-17)31-12-9-26(10-13-31)15-19-16-28-22(33-2)14-20(19)24(26)27/h3-8,11,14,16,24H,9-10,12-13,15,27H2,1-2H3/t24-/m1/s1. The second kappa shape index (κ2) is 7.56. The number of rotatable bonds is 3. The highest BCUT2D eigenvalue weighted by molar-refractivity contribution is 5.75. The molecule has 1 aromatic carbocycles. The van der Waals surface area contributed by atoms with Crippen LogP contribution in [-0.4, -0.2) is 39.8 Å². The molecular weight excluding hydrogens is 412 g/mol. The van der Waals surface area contributed by atoms with E-state index in [1.54, 1.807) is 7.11 Å². The summed E-state index contributed by atoms with van der Waals surface area (Å²) in [5.74, 6) is 1.65. The zero-order chi connectivity index (χ0) is 22.6. The van der Waals surface area contributed by atoms with Crippen molar-refractivity contribution >= 4 is 11.3 Å². The molecule has 33 heavy (non-hydrogen) atoms. The first kappa shape index (κ1) is 20.2. The fourth-order valence-corrected chi connectivity index (χ4v) is 5.73. The molecule has 7 heteroatoms. The van der Waals surface area contributed by atoms with Gasteiger partial charge in [0.25, 0.3) is 0 Å². The van der Waals surface area contributed by atoms with Gasteiger partial charge < -0.3 is 15.4 Å². The number of benzene rings is 1. The lowest BCUT2D eigenvalue weighted by Crippen LogP contribution is -2.44. The van der Waals surface area contributed by atoms with Crippen molar-refractivity contribution in [3.8, 4) is 17.1 Å². The third kappa shape index (κ3) is 3.10. The van der Waals surface area contributed by atoms with Gasteiger partial charge >= 0.3 is 0 Å². The van der Waals surface area contributed by atoms with Crippen LogP contribution >= 0.6 is 0 Å². The number of hydrogen-bond donors (Lipinski definition) is 1. The molecule has 6 rings (SSSR count). The molecule has 0 radical (unpaired) electrons. The number of anilines is 1. The Kier molecular flexibility index (Phi) is 4.62. The van der Waals surface area contributed by atoms with E-state index in [1.165, 1.54) is 11.1 Å². The van der Waals surface area contributed by atoms with Crippen LogP contribution in [0, 0.1) is 12.3 Å². The van der Waals surface area contributed by atoms with Crippen LogP contribution in [-0.2, 0) is 6.42 Å². The summed E-state index contributed by atoms with van der Waals surface area (Å²) in [7, 11) is 1.65. The summed E-state index contributed by atoms with van der Waals surface area (Å²) in [4.78, 5) is 11.9. The molecule has 4 aromatic rings. The maximum absolute atomic E-state index is 6.81. The van der Waals surface area contributed by atoms with Gasteiger partial charge in [0.2, 0.25) is 5.88 Å². The lowest BCUT2D eigenvalue weighted by Gasteiger charge is -2.42. The van der Waals surface area contributed by atoms with Crippen LogP contribution < -0.4 is 15.4 Å². The molecule has 1 spiro atoms. The number of hydrogen-bond acceptors (Lipinski definition) is 6. The van der Waals surface area contributed by atoms with E-state index in [4.69, 9.17) is 15.5 Å². The van der Waals surface area contributed by atoms with Crippen molar-refractivity contribution in [1.82, 2.24) is 19.6 Å². The first-order chi connectivity index (χ1) is 16.1. The number of aryl methyl sites for hydroxylation is 1. The number of methoxy groups -OCH3 is 1. The van der Waals surface area contributed by atoms with Crippen molar-refractivity contribution in [3.05, 3.63) is 71.7 Å². The summed E-state index contributed by atoms with van der Waals surface area (Å²) in [5.41, 5.74) is 13.5. The van der Waals surface area contributed by atoms with Crippen molar-refractivity contribution in [2.45, 2.75) is 32.2 Å². The SMILES string of the molecule is COc1cc2c(cn1)CC1(CCN(c3nc(C)c(-c4ccccc4)n4nccc34)CC1)[C@@H]2N. The highest BCUT2D eigenvalue weighted by Crippen LogP contribution is 2.51. The van der Waals surface area contributed by atoms with Crippen molar-refractivity contribution in [2.24, 2.45) is 11.1 Å². The van der Waals surface area contributed by atoms with Crippen LogP contribution in [0.1, 0.15) is 35.7 Å². The molecule has 0 saturated carbocycles. The summed E-state index contributed by atoms with van der Waals surface area (Å²) in [5, 5.41) is 4.65. The third-order valence-corrected chi connectivity index (χ3v) is 7.55. The Morgan fingerprint density at radius 1 is 1.12 bits per heavy atom. The van der Waals surface area contributed by atoms with Gasteiger partial charge in [0.05, 0.1) is 24.7 Å². The number of nitrogens with zero attached hydrogens (tertiary/aromatic N) is 5. The molecular formula is C26H28N6O. The van der Waals surface area contributed by atoms with E-state index in [2.05, 4.69) is 52.2 Å². The van der Waals surface area contributed by atoms with Gasteiger partial charge in [0.1, 0.15) is 5.52 Å². The van der Waals surface area contributed by atoms with Crippen LogP contribution in [0.4, 0.5) is 5.82 Å². The molecule has 1 saturated heterocycles. The van der Waals surface area contributed by atoms with Gasteiger partial charge in [-0.3, -0.25) is 0 Å². The molecule has 1 aliphatic carbocycles. The van der Waals surface area contributed by atoms with E-state index in [-0.39, 0.29) is 11.5 Å². The highest BCUT2D eigenvalue weighted by atomic mass is 16.5. The van der Waals surface area contributed by atoms with E-state index in [9.17, 15) is 0 Å². The number of ether oxygens (including phenoxy) is 1. The van der Waals surface area contributed by atoms with Crippen molar-refractivity contribution in [1.29, 1.82) is 0 Å². The van der Waals surface area contributed by atoms with E-state index >= 15 is 0 Å². The molecule has 2 N–H and O–H groups in total. The number of nitrogens with two attached hydrogens (primary N) is 1. The molecule has 0 amide bonds. The predicted molar refractivity (Wildman–Crippen MR) is 128 cm³/mol.